The van der Waals surface area contributed by atoms with Gasteiger partial charge in [-0.3, -0.25) is 0 Å². The topological polar surface area (TPSA) is 21.3 Å². The third kappa shape index (κ3) is 3.94. The Balaban J connectivity index is 1.21. The van der Waals surface area contributed by atoms with Crippen LogP contribution < -0.4 is 4.90 Å². The number of aromatic nitrogens is 1. The van der Waals surface area contributed by atoms with Crippen LogP contribution in [-0.2, 0) is 0 Å². The molecule has 0 saturated carbocycles. The number of furan rings is 1. The first-order valence-corrected chi connectivity index (χ1v) is 18.2. The number of fused-ring (bicyclic) bond motifs is 11. The average Bonchev–Trinajstić information content (AvgIpc) is 3.88. The molecule has 3 heteroatoms. The third-order valence-corrected chi connectivity index (χ3v) is 11.3. The quantitative estimate of drug-likeness (QED) is 0.173. The van der Waals surface area contributed by atoms with Crippen molar-refractivity contribution in [3.05, 3.63) is 182 Å². The largest absolute Gasteiger partial charge is 0.456 e. The predicted molar refractivity (Wildman–Crippen MR) is 222 cm³/mol. The van der Waals surface area contributed by atoms with E-state index < -0.39 is 0 Å². The van der Waals surface area contributed by atoms with Crippen LogP contribution in [0, 0.1) is 0 Å². The van der Waals surface area contributed by atoms with Crippen molar-refractivity contribution in [1.82, 2.24) is 4.57 Å². The van der Waals surface area contributed by atoms with E-state index in [9.17, 15) is 0 Å². The standard InChI is InChI=1S/C50H30N2O/c1-2-15-33(16-3-1)51-41-22-8-6-18-36(41)40-30-34(27-28-42(40)51)52(43-24-12-26-46-48(43)39-19-7-9-25-45(39)53-46)44-23-11-21-38-37-20-10-14-32-29-31-13-4-5-17-35(31)50(47(32)37)49(38)44/h1-30H. The van der Waals surface area contributed by atoms with Gasteiger partial charge in [0.1, 0.15) is 11.2 Å². The first-order chi connectivity index (χ1) is 26.3. The zero-order valence-corrected chi connectivity index (χ0v) is 28.6. The Hall–Kier alpha value is -7.10. The van der Waals surface area contributed by atoms with Crippen LogP contribution in [0.3, 0.4) is 0 Å². The highest BCUT2D eigenvalue weighted by Crippen LogP contribution is 2.56. The highest BCUT2D eigenvalue weighted by atomic mass is 16.3. The van der Waals surface area contributed by atoms with E-state index in [1.54, 1.807) is 0 Å². The summed E-state index contributed by atoms with van der Waals surface area (Å²) in [6.45, 7) is 0. The molecular weight excluding hydrogens is 645 g/mol. The summed E-state index contributed by atoms with van der Waals surface area (Å²) in [5, 5.41) is 9.75. The molecule has 246 valence electrons. The van der Waals surface area contributed by atoms with Crippen LogP contribution in [0.25, 0.3) is 93.2 Å². The smallest absolute Gasteiger partial charge is 0.137 e. The Labute approximate surface area is 305 Å². The summed E-state index contributed by atoms with van der Waals surface area (Å²) in [6.07, 6.45) is 0. The Morgan fingerprint density at radius 3 is 2.00 bits per heavy atom. The Kier molecular flexibility index (Phi) is 5.77. The van der Waals surface area contributed by atoms with Crippen molar-refractivity contribution < 1.29 is 4.42 Å². The Morgan fingerprint density at radius 1 is 0.396 bits per heavy atom. The van der Waals surface area contributed by atoms with E-state index in [2.05, 4.69) is 185 Å². The van der Waals surface area contributed by atoms with E-state index in [1.165, 1.54) is 65.6 Å². The highest BCUT2D eigenvalue weighted by Gasteiger charge is 2.30. The molecule has 2 heterocycles. The van der Waals surface area contributed by atoms with Gasteiger partial charge in [0.05, 0.1) is 27.8 Å². The maximum atomic E-state index is 6.51. The minimum Gasteiger partial charge on any atom is -0.456 e. The third-order valence-electron chi connectivity index (χ3n) is 11.3. The van der Waals surface area contributed by atoms with Crippen LogP contribution in [0.1, 0.15) is 0 Å². The zero-order chi connectivity index (χ0) is 34.6. The number of para-hydroxylation sites is 3. The van der Waals surface area contributed by atoms with Crippen LogP contribution in [0.5, 0.6) is 0 Å². The summed E-state index contributed by atoms with van der Waals surface area (Å²) in [4.78, 5) is 2.48. The summed E-state index contributed by atoms with van der Waals surface area (Å²) in [7, 11) is 0. The Bertz CT molecular complexity index is 3290. The molecule has 9 aromatic carbocycles. The molecule has 0 aliphatic heterocycles. The van der Waals surface area contributed by atoms with Crippen molar-refractivity contribution in [2.75, 3.05) is 4.90 Å². The number of hydrogen-bond donors (Lipinski definition) is 0. The van der Waals surface area contributed by atoms with Crippen molar-refractivity contribution >= 4 is 82.4 Å². The van der Waals surface area contributed by atoms with Crippen molar-refractivity contribution in [1.29, 1.82) is 0 Å². The van der Waals surface area contributed by atoms with Crippen molar-refractivity contribution in [3.63, 3.8) is 0 Å². The van der Waals surface area contributed by atoms with Crippen LogP contribution >= 0.6 is 0 Å². The van der Waals surface area contributed by atoms with Gasteiger partial charge in [-0.05, 0) is 99.4 Å². The molecule has 0 saturated heterocycles. The number of hydrogen-bond acceptors (Lipinski definition) is 2. The monoisotopic (exact) mass is 674 g/mol. The first kappa shape index (κ1) is 28.6. The molecular formula is C50H30N2O. The summed E-state index contributed by atoms with van der Waals surface area (Å²) < 4.78 is 8.89. The lowest BCUT2D eigenvalue weighted by Crippen LogP contribution is -2.11. The lowest BCUT2D eigenvalue weighted by Gasteiger charge is -2.29. The summed E-state index contributed by atoms with van der Waals surface area (Å²) >= 11 is 0. The van der Waals surface area contributed by atoms with E-state index in [0.29, 0.717) is 0 Å². The molecule has 0 unspecified atom stereocenters. The minimum absolute atomic E-state index is 0.874. The second kappa shape index (κ2) is 10.7. The molecule has 11 aromatic rings. The average molecular weight is 675 g/mol. The second-order valence-electron chi connectivity index (χ2n) is 14.0. The van der Waals surface area contributed by atoms with E-state index in [1.807, 2.05) is 6.07 Å². The van der Waals surface area contributed by atoms with E-state index >= 15 is 0 Å². The van der Waals surface area contributed by atoms with Gasteiger partial charge in [-0.25, -0.2) is 0 Å². The van der Waals surface area contributed by atoms with Crippen LogP contribution in [0.2, 0.25) is 0 Å². The highest BCUT2D eigenvalue weighted by molar-refractivity contribution is 6.27. The van der Waals surface area contributed by atoms with Crippen LogP contribution in [0.4, 0.5) is 17.1 Å². The fraction of sp³-hybridized carbons (Fsp3) is 0. The number of rotatable bonds is 4. The lowest BCUT2D eigenvalue weighted by molar-refractivity contribution is 0.669. The predicted octanol–water partition coefficient (Wildman–Crippen LogP) is 14.1. The van der Waals surface area contributed by atoms with Gasteiger partial charge in [0, 0.05) is 38.7 Å². The summed E-state index contributed by atoms with van der Waals surface area (Å²) in [6, 6.07) is 66.0. The van der Waals surface area contributed by atoms with Gasteiger partial charge >= 0.3 is 0 Å². The van der Waals surface area contributed by atoms with Crippen LogP contribution in [0.15, 0.2) is 186 Å². The van der Waals surface area contributed by atoms with E-state index in [4.69, 9.17) is 4.42 Å². The molecule has 0 amide bonds. The summed E-state index contributed by atoms with van der Waals surface area (Å²) in [5.74, 6) is 0. The number of nitrogens with zero attached hydrogens (tertiary/aromatic N) is 2. The van der Waals surface area contributed by atoms with Crippen LogP contribution in [-0.4, -0.2) is 4.57 Å². The number of benzene rings is 9. The molecule has 0 bridgehead atoms. The number of anilines is 3. The molecule has 12 rings (SSSR count). The van der Waals surface area contributed by atoms with Crippen molar-refractivity contribution in [2.45, 2.75) is 0 Å². The van der Waals surface area contributed by atoms with Gasteiger partial charge in [-0.2, -0.15) is 0 Å². The fourth-order valence-corrected chi connectivity index (χ4v) is 9.13. The first-order valence-electron chi connectivity index (χ1n) is 18.2. The lowest BCUT2D eigenvalue weighted by atomic mass is 9.94. The van der Waals surface area contributed by atoms with Gasteiger partial charge in [0.15, 0.2) is 0 Å². The summed E-state index contributed by atoms with van der Waals surface area (Å²) in [5.41, 5.74) is 13.7. The maximum Gasteiger partial charge on any atom is 0.137 e. The molecule has 3 nitrogen and oxygen atoms in total. The molecule has 0 fully saturated rings. The van der Waals surface area contributed by atoms with Gasteiger partial charge in [-0.15, -0.1) is 0 Å². The molecule has 0 radical (unpaired) electrons. The van der Waals surface area contributed by atoms with Crippen molar-refractivity contribution in [3.8, 4) is 27.9 Å². The molecule has 2 aromatic heterocycles. The molecule has 1 aliphatic rings. The maximum absolute atomic E-state index is 6.51. The van der Waals surface area contributed by atoms with E-state index in [-0.39, 0.29) is 0 Å². The van der Waals surface area contributed by atoms with Gasteiger partial charge in [0.2, 0.25) is 0 Å². The minimum atomic E-state index is 0.874. The van der Waals surface area contributed by atoms with E-state index in [0.717, 1.165) is 44.7 Å². The molecule has 0 spiro atoms. The fourth-order valence-electron chi connectivity index (χ4n) is 9.13. The molecule has 1 aliphatic carbocycles. The van der Waals surface area contributed by atoms with Gasteiger partial charge < -0.3 is 13.9 Å². The van der Waals surface area contributed by atoms with Gasteiger partial charge in [0.25, 0.3) is 0 Å². The SMILES string of the molecule is c1ccc(-n2c3ccccc3c3cc(N(c4cccc5c4-c4c6ccccc6cc6cccc-5c46)c4cccc5oc6ccccc6c45)ccc32)cc1. The second-order valence-corrected chi connectivity index (χ2v) is 14.0. The Morgan fingerprint density at radius 2 is 1.08 bits per heavy atom. The molecule has 0 atom stereocenters. The van der Waals surface area contributed by atoms with Gasteiger partial charge in [-0.1, -0.05) is 115 Å². The molecule has 0 N–H and O–H groups in total. The van der Waals surface area contributed by atoms with Crippen molar-refractivity contribution in [2.24, 2.45) is 0 Å². The zero-order valence-electron chi connectivity index (χ0n) is 28.6. The normalized spacial score (nSPS) is 12.2. The molecule has 53 heavy (non-hydrogen) atoms.